The van der Waals surface area contributed by atoms with Gasteiger partial charge in [-0.25, -0.2) is 0 Å². The summed E-state index contributed by atoms with van der Waals surface area (Å²) in [5.41, 5.74) is 1.91. The first kappa shape index (κ1) is 19.9. The van der Waals surface area contributed by atoms with Gasteiger partial charge in [0.2, 0.25) is 0 Å². The van der Waals surface area contributed by atoms with Crippen molar-refractivity contribution in [2.75, 3.05) is 26.3 Å². The van der Waals surface area contributed by atoms with Crippen LogP contribution in [0.5, 0.6) is 0 Å². The lowest BCUT2D eigenvalue weighted by Gasteiger charge is -2.30. The van der Waals surface area contributed by atoms with Crippen molar-refractivity contribution in [2.45, 2.75) is 24.8 Å². The first-order valence-corrected chi connectivity index (χ1v) is 11.8. The molecule has 5 heterocycles. The molecule has 0 unspecified atom stereocenters. The van der Waals surface area contributed by atoms with Crippen molar-refractivity contribution in [3.63, 3.8) is 0 Å². The number of aromatic nitrogens is 4. The zero-order valence-corrected chi connectivity index (χ0v) is 18.7. The van der Waals surface area contributed by atoms with E-state index < -0.39 is 0 Å². The predicted molar refractivity (Wildman–Crippen MR) is 120 cm³/mol. The van der Waals surface area contributed by atoms with Crippen molar-refractivity contribution in [1.82, 2.24) is 24.8 Å². The molecule has 32 heavy (non-hydrogen) atoms. The number of hydrogen-bond donors (Lipinski definition) is 0. The minimum absolute atomic E-state index is 0.000900. The molecule has 0 aliphatic carbocycles. The Bertz CT molecular complexity index is 1290. The predicted octanol–water partition coefficient (Wildman–Crippen LogP) is 4.39. The van der Waals surface area contributed by atoms with Gasteiger partial charge < -0.3 is 14.2 Å². The molecule has 2 aliphatic heterocycles. The van der Waals surface area contributed by atoms with Crippen molar-refractivity contribution in [3.8, 4) is 11.5 Å². The summed E-state index contributed by atoms with van der Waals surface area (Å²) in [5.74, 6) is 1.36. The third-order valence-electron chi connectivity index (χ3n) is 6.21. The lowest BCUT2D eigenvalue weighted by Crippen LogP contribution is -2.37. The van der Waals surface area contributed by atoms with Crippen LogP contribution in [-0.4, -0.2) is 57.0 Å². The summed E-state index contributed by atoms with van der Waals surface area (Å²) in [5, 5.41) is 12.2. The number of hydrogen-bond acceptors (Lipinski definition) is 7. The van der Waals surface area contributed by atoms with E-state index in [4.69, 9.17) is 20.9 Å². The molecule has 2 saturated heterocycles. The molecule has 1 aromatic carbocycles. The summed E-state index contributed by atoms with van der Waals surface area (Å²) in [6.07, 6.45) is 3.46. The van der Waals surface area contributed by atoms with E-state index >= 15 is 0 Å². The second-order valence-corrected chi connectivity index (χ2v) is 9.50. The molecule has 0 N–H and O–H groups in total. The second kappa shape index (κ2) is 7.99. The van der Waals surface area contributed by atoms with Crippen molar-refractivity contribution < 1.29 is 14.1 Å². The van der Waals surface area contributed by atoms with Crippen LogP contribution < -0.4 is 0 Å². The van der Waals surface area contributed by atoms with Crippen LogP contribution in [0.4, 0.5) is 0 Å². The summed E-state index contributed by atoms with van der Waals surface area (Å²) in [4.78, 5) is 19.8. The zero-order valence-electron chi connectivity index (χ0n) is 17.1. The molecule has 3 aromatic heterocycles. The van der Waals surface area contributed by atoms with E-state index in [1.165, 1.54) is 11.3 Å². The molecule has 0 spiro atoms. The fourth-order valence-electron chi connectivity index (χ4n) is 4.27. The maximum absolute atomic E-state index is 12.7. The van der Waals surface area contributed by atoms with Crippen LogP contribution in [0.2, 0.25) is 5.02 Å². The Morgan fingerprint density at radius 3 is 2.75 bits per heavy atom. The van der Waals surface area contributed by atoms with Gasteiger partial charge in [0.15, 0.2) is 5.82 Å². The topological polar surface area (TPSA) is 86.3 Å². The average molecular weight is 470 g/mol. The highest BCUT2D eigenvalue weighted by Crippen LogP contribution is 2.32. The number of thiophene rings is 1. The number of halogens is 1. The van der Waals surface area contributed by atoms with Crippen molar-refractivity contribution >= 4 is 39.7 Å². The van der Waals surface area contributed by atoms with Gasteiger partial charge in [0, 0.05) is 30.0 Å². The Kier molecular flexibility index (Phi) is 4.97. The number of likely N-dealkylation sites (tertiary alicyclic amines) is 1. The van der Waals surface area contributed by atoms with Crippen molar-refractivity contribution in [1.29, 1.82) is 0 Å². The summed E-state index contributed by atoms with van der Waals surface area (Å²) in [7, 11) is 0. The Labute approximate surface area is 192 Å². The first-order valence-electron chi connectivity index (χ1n) is 10.6. The van der Waals surface area contributed by atoms with Crippen LogP contribution in [0, 0.1) is 0 Å². The molecular formula is C22H20ClN5O3S. The molecule has 8 nitrogen and oxygen atoms in total. The minimum Gasteiger partial charge on any atom is -0.377 e. The van der Waals surface area contributed by atoms with Gasteiger partial charge in [-0.2, -0.15) is 10.1 Å². The van der Waals surface area contributed by atoms with E-state index in [1.54, 1.807) is 6.07 Å². The van der Waals surface area contributed by atoms with Gasteiger partial charge in [0.05, 0.1) is 36.0 Å². The first-order chi connectivity index (χ1) is 15.7. The van der Waals surface area contributed by atoms with Gasteiger partial charge in [0.25, 0.3) is 11.8 Å². The van der Waals surface area contributed by atoms with E-state index in [0.717, 1.165) is 29.3 Å². The normalized spacial score (nSPS) is 17.7. The third kappa shape index (κ3) is 3.41. The van der Waals surface area contributed by atoms with Crippen LogP contribution in [0.3, 0.4) is 0 Å². The highest BCUT2D eigenvalue weighted by atomic mass is 35.5. The molecule has 0 atom stereocenters. The number of fused-ring (bicyclic) bond motifs is 1. The van der Waals surface area contributed by atoms with E-state index in [1.807, 2.05) is 39.4 Å². The van der Waals surface area contributed by atoms with E-state index in [2.05, 4.69) is 15.2 Å². The fourth-order valence-corrected chi connectivity index (χ4v) is 5.38. The molecule has 2 aliphatic rings. The van der Waals surface area contributed by atoms with Crippen LogP contribution in [0.1, 0.15) is 40.3 Å². The van der Waals surface area contributed by atoms with E-state index in [-0.39, 0.29) is 17.9 Å². The van der Waals surface area contributed by atoms with Crippen LogP contribution >= 0.6 is 22.9 Å². The van der Waals surface area contributed by atoms with Gasteiger partial charge in [-0.15, -0.1) is 11.3 Å². The van der Waals surface area contributed by atoms with Crippen LogP contribution in [-0.2, 0) is 4.74 Å². The Balaban J connectivity index is 1.17. The van der Waals surface area contributed by atoms with Crippen LogP contribution in [0.25, 0.3) is 22.4 Å². The highest BCUT2D eigenvalue weighted by molar-refractivity contribution is 7.12. The quantitative estimate of drug-likeness (QED) is 0.440. The number of carbonyl (C=O) groups excluding carboxylic acids is 1. The van der Waals surface area contributed by atoms with Crippen molar-refractivity contribution in [3.05, 3.63) is 51.6 Å². The summed E-state index contributed by atoms with van der Waals surface area (Å²) < 4.78 is 12.9. The van der Waals surface area contributed by atoms with Gasteiger partial charge in [-0.3, -0.25) is 9.48 Å². The molecule has 0 radical (unpaired) electrons. The number of nitrogens with zero attached hydrogens (tertiary/aromatic N) is 5. The standard InChI is InChI=1S/C22H20ClN5O3S/c23-17-5-8-32-19(17)22(29)27-6-3-13(4-7-27)20-25-21(31-26-20)14-1-2-15-10-24-28(18(15)9-14)16-11-30-12-16/h1-2,5,8-10,13,16H,3-4,6-7,11-12H2. The molecule has 10 heteroatoms. The van der Waals surface area contributed by atoms with E-state index in [0.29, 0.717) is 47.9 Å². The molecule has 0 saturated carbocycles. The molecular weight excluding hydrogens is 450 g/mol. The SMILES string of the molecule is O=C(c1sccc1Cl)N1CCC(c2noc(-c3ccc4cnn(C5COC5)c4c3)n2)CC1. The summed E-state index contributed by atoms with van der Waals surface area (Å²) in [6.45, 7) is 2.67. The smallest absolute Gasteiger partial charge is 0.265 e. The molecule has 0 bridgehead atoms. The Morgan fingerprint density at radius 2 is 2.03 bits per heavy atom. The van der Waals surface area contributed by atoms with Gasteiger partial charge >= 0.3 is 0 Å². The number of ether oxygens (including phenoxy) is 1. The maximum Gasteiger partial charge on any atom is 0.265 e. The van der Waals surface area contributed by atoms with E-state index in [9.17, 15) is 4.79 Å². The fraction of sp³-hybridized carbons (Fsp3) is 0.364. The number of rotatable bonds is 4. The van der Waals surface area contributed by atoms with Crippen molar-refractivity contribution in [2.24, 2.45) is 0 Å². The Morgan fingerprint density at radius 1 is 1.19 bits per heavy atom. The lowest BCUT2D eigenvalue weighted by atomic mass is 9.96. The van der Waals surface area contributed by atoms with Gasteiger partial charge in [-0.1, -0.05) is 22.8 Å². The maximum atomic E-state index is 12.7. The minimum atomic E-state index is -0.000900. The lowest BCUT2D eigenvalue weighted by molar-refractivity contribution is -0.0266. The monoisotopic (exact) mass is 469 g/mol. The third-order valence-corrected chi connectivity index (χ3v) is 7.54. The molecule has 6 rings (SSSR count). The molecule has 4 aromatic rings. The molecule has 2 fully saturated rings. The number of amides is 1. The summed E-state index contributed by atoms with van der Waals surface area (Å²) in [6, 6.07) is 8.09. The number of piperidine rings is 1. The largest absolute Gasteiger partial charge is 0.377 e. The number of carbonyl (C=O) groups is 1. The zero-order chi connectivity index (χ0) is 21.7. The van der Waals surface area contributed by atoms with Crippen LogP contribution in [0.15, 0.2) is 40.4 Å². The second-order valence-electron chi connectivity index (χ2n) is 8.18. The van der Waals surface area contributed by atoms with Gasteiger partial charge in [-0.05, 0) is 36.4 Å². The summed E-state index contributed by atoms with van der Waals surface area (Å²) >= 11 is 7.51. The van der Waals surface area contributed by atoms with Gasteiger partial charge in [0.1, 0.15) is 4.88 Å². The number of benzene rings is 1. The average Bonchev–Trinajstić information content (AvgIpc) is 3.52. The highest BCUT2D eigenvalue weighted by Gasteiger charge is 2.29. The molecule has 164 valence electrons. The Hall–Kier alpha value is -2.75. The molecule has 1 amide bonds.